The van der Waals surface area contributed by atoms with Gasteiger partial charge in [0.1, 0.15) is 10.8 Å². The van der Waals surface area contributed by atoms with Crippen LogP contribution in [-0.4, -0.2) is 40.6 Å². The van der Waals surface area contributed by atoms with Crippen LogP contribution in [0.25, 0.3) is 0 Å². The smallest absolute Gasteiger partial charge is 0.341 e. The highest BCUT2D eigenvalue weighted by molar-refractivity contribution is 9.10. The first-order valence-electron chi connectivity index (χ1n) is 9.08. The number of thioether (sulfide) groups is 1. The quantitative estimate of drug-likeness (QED) is 0.345. The van der Waals surface area contributed by atoms with Crippen LogP contribution in [0.15, 0.2) is 62.7 Å². The van der Waals surface area contributed by atoms with Crippen molar-refractivity contribution in [1.29, 1.82) is 0 Å². The van der Waals surface area contributed by atoms with Crippen LogP contribution in [0.5, 0.6) is 0 Å². The Morgan fingerprint density at radius 1 is 1.23 bits per heavy atom. The van der Waals surface area contributed by atoms with E-state index in [1.165, 1.54) is 16.7 Å². The molecule has 3 rings (SSSR count). The van der Waals surface area contributed by atoms with Gasteiger partial charge in [-0.15, -0.1) is 0 Å². The molecule has 3 aromatic rings. The number of carbonyl (C=O) groups is 2. The molecule has 0 fully saturated rings. The maximum absolute atomic E-state index is 12.5. The highest BCUT2D eigenvalue weighted by Gasteiger charge is 2.18. The van der Waals surface area contributed by atoms with E-state index in [0.717, 1.165) is 21.5 Å². The number of pyridine rings is 1. The molecule has 7 nitrogen and oxygen atoms in total. The van der Waals surface area contributed by atoms with Crippen LogP contribution in [0.3, 0.4) is 0 Å². The molecule has 2 heterocycles. The number of halogens is 1. The van der Waals surface area contributed by atoms with Crippen molar-refractivity contribution in [2.75, 3.05) is 13.7 Å². The predicted molar refractivity (Wildman–Crippen MR) is 116 cm³/mol. The first-order valence-corrected chi connectivity index (χ1v) is 10.9. The number of esters is 1. The van der Waals surface area contributed by atoms with Gasteiger partial charge in [-0.1, -0.05) is 51.0 Å². The predicted octanol–water partition coefficient (Wildman–Crippen LogP) is 4.25. The normalized spacial score (nSPS) is 10.6. The van der Waals surface area contributed by atoms with E-state index in [2.05, 4.69) is 26.1 Å². The van der Waals surface area contributed by atoms with Crippen molar-refractivity contribution in [3.05, 3.63) is 75.7 Å². The minimum absolute atomic E-state index is 0.296. The van der Waals surface area contributed by atoms with Gasteiger partial charge in [0, 0.05) is 36.1 Å². The summed E-state index contributed by atoms with van der Waals surface area (Å²) in [6.45, 7) is 1.87. The van der Waals surface area contributed by atoms with Gasteiger partial charge in [-0.3, -0.25) is 4.79 Å². The third-order valence-corrected chi connectivity index (χ3v) is 5.95. The van der Waals surface area contributed by atoms with Gasteiger partial charge in [0.05, 0.1) is 11.3 Å². The molecule has 0 unspecified atom stereocenters. The Bertz CT molecular complexity index is 1040. The average molecular weight is 490 g/mol. The maximum Gasteiger partial charge on any atom is 0.341 e. The number of ether oxygens (including phenoxy) is 1. The van der Waals surface area contributed by atoms with Crippen molar-refractivity contribution in [3.63, 3.8) is 0 Å². The van der Waals surface area contributed by atoms with Crippen molar-refractivity contribution < 1.29 is 18.8 Å². The molecule has 0 bridgehead atoms. The van der Waals surface area contributed by atoms with Crippen molar-refractivity contribution >= 4 is 39.6 Å². The number of carbonyl (C=O) groups excluding carboxylic acids is 2. The number of likely N-dealkylation sites (N-methyl/N-ethyl adjacent to an activating group) is 1. The number of hydrogen-bond donors (Lipinski definition) is 0. The summed E-state index contributed by atoms with van der Waals surface area (Å²) >= 11 is 4.82. The second-order valence-corrected chi connectivity index (χ2v) is 8.31. The lowest BCUT2D eigenvalue weighted by atomic mass is 10.2. The first-order chi connectivity index (χ1) is 14.4. The van der Waals surface area contributed by atoms with E-state index in [1.807, 2.05) is 37.3 Å². The molecule has 0 saturated heterocycles. The van der Waals surface area contributed by atoms with Gasteiger partial charge in [-0.05, 0) is 30.7 Å². The Kier molecular flexibility index (Phi) is 7.64. The second-order valence-electron chi connectivity index (χ2n) is 6.49. The molecule has 30 heavy (non-hydrogen) atoms. The van der Waals surface area contributed by atoms with E-state index >= 15 is 0 Å². The molecule has 0 aliphatic carbocycles. The minimum atomic E-state index is -0.593. The fraction of sp³-hybridized carbons (Fsp3) is 0.238. The van der Waals surface area contributed by atoms with Crippen LogP contribution in [0.4, 0.5) is 0 Å². The summed E-state index contributed by atoms with van der Waals surface area (Å²) in [6.07, 6.45) is 1.60. The van der Waals surface area contributed by atoms with E-state index < -0.39 is 5.97 Å². The zero-order valence-electron chi connectivity index (χ0n) is 16.5. The van der Waals surface area contributed by atoms with Crippen LogP contribution in [0, 0.1) is 6.92 Å². The van der Waals surface area contributed by atoms with Crippen LogP contribution in [0.2, 0.25) is 0 Å². The fourth-order valence-corrected chi connectivity index (χ4v) is 3.85. The van der Waals surface area contributed by atoms with Crippen LogP contribution >= 0.6 is 27.7 Å². The molecule has 0 N–H and O–H groups in total. The molecule has 0 spiro atoms. The molecular formula is C21H20BrN3O4S. The highest BCUT2D eigenvalue weighted by Crippen LogP contribution is 2.24. The molecule has 0 aliphatic heterocycles. The van der Waals surface area contributed by atoms with Crippen molar-refractivity contribution in [2.24, 2.45) is 0 Å². The monoisotopic (exact) mass is 489 g/mol. The number of hydrogen-bond acceptors (Lipinski definition) is 7. The molecule has 156 valence electrons. The van der Waals surface area contributed by atoms with Crippen LogP contribution in [0.1, 0.15) is 27.4 Å². The largest absolute Gasteiger partial charge is 0.452 e. The van der Waals surface area contributed by atoms with Crippen molar-refractivity contribution in [3.8, 4) is 0 Å². The molecule has 0 atom stereocenters. The van der Waals surface area contributed by atoms with Gasteiger partial charge < -0.3 is 14.2 Å². The lowest BCUT2D eigenvalue weighted by molar-refractivity contribution is -0.133. The molecule has 1 aromatic carbocycles. The Morgan fingerprint density at radius 2 is 2.03 bits per heavy atom. The maximum atomic E-state index is 12.5. The Balaban J connectivity index is 1.56. The lowest BCUT2D eigenvalue weighted by Gasteiger charge is -2.18. The Morgan fingerprint density at radius 3 is 2.77 bits per heavy atom. The van der Waals surface area contributed by atoms with Gasteiger partial charge in [-0.2, -0.15) is 0 Å². The summed E-state index contributed by atoms with van der Waals surface area (Å²) in [5.41, 5.74) is 2.03. The van der Waals surface area contributed by atoms with Crippen molar-refractivity contribution in [1.82, 2.24) is 15.0 Å². The van der Waals surface area contributed by atoms with E-state index in [1.54, 1.807) is 25.4 Å². The van der Waals surface area contributed by atoms with E-state index in [0.29, 0.717) is 22.9 Å². The number of rotatable bonds is 8. The van der Waals surface area contributed by atoms with Gasteiger partial charge in [-0.25, -0.2) is 9.78 Å². The Hall–Kier alpha value is -2.65. The molecule has 0 aliphatic rings. The van der Waals surface area contributed by atoms with Gasteiger partial charge in [0.2, 0.25) is 0 Å². The zero-order chi connectivity index (χ0) is 21.5. The molecule has 9 heteroatoms. The van der Waals surface area contributed by atoms with E-state index in [-0.39, 0.29) is 12.5 Å². The number of aromatic nitrogens is 2. The van der Waals surface area contributed by atoms with Gasteiger partial charge in [0.15, 0.2) is 6.61 Å². The summed E-state index contributed by atoms with van der Waals surface area (Å²) in [7, 11) is 1.67. The molecule has 1 amide bonds. The standard InChI is InChI=1S/C21H20BrN3O4S/c1-14-10-16(24-29-14)13-30-20-17(7-5-9-23-20)21(27)28-12-19(26)25(2)11-15-6-3-4-8-18(15)22/h3-10H,11-13H2,1-2H3. The number of benzene rings is 1. The Labute approximate surface area is 186 Å². The lowest BCUT2D eigenvalue weighted by Crippen LogP contribution is -2.31. The summed E-state index contributed by atoms with van der Waals surface area (Å²) in [4.78, 5) is 30.7. The topological polar surface area (TPSA) is 85.5 Å². The molecular weight excluding hydrogens is 470 g/mol. The minimum Gasteiger partial charge on any atom is -0.452 e. The summed E-state index contributed by atoms with van der Waals surface area (Å²) in [5, 5.41) is 4.44. The fourth-order valence-electron chi connectivity index (χ4n) is 2.58. The third-order valence-electron chi connectivity index (χ3n) is 4.14. The SMILES string of the molecule is Cc1cc(CSc2ncccc2C(=O)OCC(=O)N(C)Cc2ccccc2Br)no1. The van der Waals surface area contributed by atoms with Crippen molar-refractivity contribution in [2.45, 2.75) is 24.2 Å². The van der Waals surface area contributed by atoms with Crippen LogP contribution in [-0.2, 0) is 21.8 Å². The third kappa shape index (κ3) is 5.93. The number of nitrogens with zero attached hydrogens (tertiary/aromatic N) is 3. The van der Waals surface area contributed by atoms with Crippen LogP contribution < -0.4 is 0 Å². The number of amides is 1. The van der Waals surface area contributed by atoms with Gasteiger partial charge >= 0.3 is 5.97 Å². The summed E-state index contributed by atoms with van der Waals surface area (Å²) < 4.78 is 11.2. The average Bonchev–Trinajstić information content (AvgIpc) is 3.17. The summed E-state index contributed by atoms with van der Waals surface area (Å²) in [5.74, 6) is 0.332. The van der Waals surface area contributed by atoms with Gasteiger partial charge in [0.25, 0.3) is 5.91 Å². The molecule has 2 aromatic heterocycles. The molecule has 0 saturated carbocycles. The molecule has 0 radical (unpaired) electrons. The van der Waals surface area contributed by atoms with E-state index in [9.17, 15) is 9.59 Å². The number of aryl methyl sites for hydroxylation is 1. The first kappa shape index (κ1) is 22.0. The second kappa shape index (κ2) is 10.4. The zero-order valence-corrected chi connectivity index (χ0v) is 18.9. The highest BCUT2D eigenvalue weighted by atomic mass is 79.9. The van der Waals surface area contributed by atoms with E-state index in [4.69, 9.17) is 9.26 Å². The summed E-state index contributed by atoms with van der Waals surface area (Å²) in [6, 6.07) is 12.8.